The number of carbonyl (C=O) groups excluding carboxylic acids is 1. The van der Waals surface area contributed by atoms with E-state index in [0.717, 1.165) is 0 Å². The van der Waals surface area contributed by atoms with Crippen molar-refractivity contribution in [3.05, 3.63) is 29.3 Å². The standard InChI is InChI=1S/C18H26ClN3O3S/c1-13(2)11-22-12-14-7-9-21(10-8-17(14)26(22,24)25)18(23)20-16-6-4-3-5-15(16)19/h3-6,13-14,17H,7-12H2,1-2H3,(H,20,23)/t14-,17-/m0/s1. The first-order chi connectivity index (χ1) is 12.3. The summed E-state index contributed by atoms with van der Waals surface area (Å²) < 4.78 is 27.3. The van der Waals surface area contributed by atoms with Crippen molar-refractivity contribution in [2.45, 2.75) is 31.9 Å². The van der Waals surface area contributed by atoms with Crippen LogP contribution in [0.15, 0.2) is 24.3 Å². The normalized spacial score (nSPS) is 25.8. The quantitative estimate of drug-likeness (QED) is 0.848. The monoisotopic (exact) mass is 399 g/mol. The summed E-state index contributed by atoms with van der Waals surface area (Å²) in [4.78, 5) is 14.3. The number of amides is 2. The summed E-state index contributed by atoms with van der Waals surface area (Å²) in [5, 5.41) is 2.93. The second kappa shape index (κ2) is 7.74. The van der Waals surface area contributed by atoms with Crippen LogP contribution in [-0.4, -0.2) is 55.1 Å². The van der Waals surface area contributed by atoms with Crippen LogP contribution in [0, 0.1) is 11.8 Å². The summed E-state index contributed by atoms with van der Waals surface area (Å²) in [6.45, 7) is 6.21. The molecule has 3 rings (SSSR count). The van der Waals surface area contributed by atoms with Crippen LogP contribution in [0.25, 0.3) is 0 Å². The van der Waals surface area contributed by atoms with Crippen molar-refractivity contribution in [2.75, 3.05) is 31.5 Å². The minimum Gasteiger partial charge on any atom is -0.324 e. The molecule has 6 nitrogen and oxygen atoms in total. The molecule has 26 heavy (non-hydrogen) atoms. The molecule has 2 aliphatic rings. The van der Waals surface area contributed by atoms with Crippen LogP contribution < -0.4 is 5.32 Å². The Labute approximate surface area is 160 Å². The van der Waals surface area contributed by atoms with Gasteiger partial charge in [-0.25, -0.2) is 17.5 Å². The Morgan fingerprint density at radius 3 is 2.65 bits per heavy atom. The molecule has 0 radical (unpaired) electrons. The number of nitrogens with zero attached hydrogens (tertiary/aromatic N) is 2. The highest BCUT2D eigenvalue weighted by Gasteiger charge is 2.47. The molecule has 2 saturated heterocycles. The first kappa shape index (κ1) is 19.5. The van der Waals surface area contributed by atoms with Crippen LogP contribution in [0.3, 0.4) is 0 Å². The van der Waals surface area contributed by atoms with Crippen LogP contribution in [-0.2, 0) is 10.0 Å². The van der Waals surface area contributed by atoms with E-state index < -0.39 is 10.0 Å². The number of hydrogen-bond acceptors (Lipinski definition) is 3. The zero-order valence-electron chi connectivity index (χ0n) is 15.2. The fraction of sp³-hybridized carbons (Fsp3) is 0.611. The number of anilines is 1. The molecule has 0 aliphatic carbocycles. The lowest BCUT2D eigenvalue weighted by Crippen LogP contribution is -2.38. The van der Waals surface area contributed by atoms with Gasteiger partial charge in [-0.05, 0) is 36.8 Å². The lowest BCUT2D eigenvalue weighted by atomic mass is 10.0. The molecule has 1 N–H and O–H groups in total. The maximum Gasteiger partial charge on any atom is 0.321 e. The molecule has 1 aromatic rings. The van der Waals surface area contributed by atoms with Gasteiger partial charge in [-0.15, -0.1) is 0 Å². The number of nitrogens with one attached hydrogen (secondary N) is 1. The minimum absolute atomic E-state index is 0.0943. The van der Waals surface area contributed by atoms with Gasteiger partial charge in [-0.3, -0.25) is 0 Å². The van der Waals surface area contributed by atoms with Gasteiger partial charge in [0.1, 0.15) is 0 Å². The largest absolute Gasteiger partial charge is 0.324 e. The Morgan fingerprint density at radius 1 is 1.27 bits per heavy atom. The van der Waals surface area contributed by atoms with Crippen LogP contribution in [0.5, 0.6) is 0 Å². The van der Waals surface area contributed by atoms with Crippen molar-refractivity contribution in [1.29, 1.82) is 0 Å². The fourth-order valence-corrected chi connectivity index (χ4v) is 6.42. The van der Waals surface area contributed by atoms with Gasteiger partial charge in [-0.2, -0.15) is 0 Å². The average molecular weight is 400 g/mol. The molecule has 2 fully saturated rings. The smallest absolute Gasteiger partial charge is 0.321 e. The number of benzene rings is 1. The van der Waals surface area contributed by atoms with Crippen molar-refractivity contribution >= 4 is 33.3 Å². The highest BCUT2D eigenvalue weighted by atomic mass is 35.5. The van der Waals surface area contributed by atoms with E-state index in [1.54, 1.807) is 27.4 Å². The number of urea groups is 1. The van der Waals surface area contributed by atoms with Crippen LogP contribution in [0.2, 0.25) is 5.02 Å². The minimum atomic E-state index is -3.27. The van der Waals surface area contributed by atoms with Crippen molar-refractivity contribution in [3.8, 4) is 0 Å². The summed E-state index contributed by atoms with van der Waals surface area (Å²) >= 11 is 6.09. The van der Waals surface area contributed by atoms with E-state index in [1.165, 1.54) is 0 Å². The molecule has 144 valence electrons. The van der Waals surface area contributed by atoms with Crippen LogP contribution in [0.1, 0.15) is 26.7 Å². The topological polar surface area (TPSA) is 69.7 Å². The first-order valence-corrected chi connectivity index (χ1v) is 11.0. The molecule has 2 atom stereocenters. The third-order valence-electron chi connectivity index (χ3n) is 5.13. The molecule has 0 saturated carbocycles. The van der Waals surface area contributed by atoms with Gasteiger partial charge in [0.05, 0.1) is 16.0 Å². The third-order valence-corrected chi connectivity index (χ3v) is 7.86. The second-order valence-corrected chi connectivity index (χ2v) is 10.1. The van der Waals surface area contributed by atoms with Gasteiger partial charge < -0.3 is 10.2 Å². The number of para-hydroxylation sites is 1. The number of carbonyl (C=O) groups is 1. The summed E-state index contributed by atoms with van der Waals surface area (Å²) in [6.07, 6.45) is 1.19. The van der Waals surface area contributed by atoms with E-state index >= 15 is 0 Å². The van der Waals surface area contributed by atoms with E-state index in [9.17, 15) is 13.2 Å². The number of halogens is 1. The van der Waals surface area contributed by atoms with Crippen molar-refractivity contribution in [3.63, 3.8) is 0 Å². The van der Waals surface area contributed by atoms with Gasteiger partial charge >= 0.3 is 6.03 Å². The average Bonchev–Trinajstić information content (AvgIpc) is 2.73. The van der Waals surface area contributed by atoms with Crippen molar-refractivity contribution in [2.24, 2.45) is 11.8 Å². The highest BCUT2D eigenvalue weighted by Crippen LogP contribution is 2.35. The predicted molar refractivity (Wildman–Crippen MR) is 104 cm³/mol. The molecule has 2 amide bonds. The number of hydrogen-bond donors (Lipinski definition) is 1. The molecule has 2 heterocycles. The SMILES string of the molecule is CC(C)CN1C[C@@H]2CCN(C(=O)Nc3ccccc3Cl)CC[C@@H]2S1(=O)=O. The van der Waals surface area contributed by atoms with E-state index in [-0.39, 0.29) is 17.2 Å². The van der Waals surface area contributed by atoms with Crippen LogP contribution >= 0.6 is 11.6 Å². The number of likely N-dealkylation sites (tertiary alicyclic amines) is 1. The van der Waals surface area contributed by atoms with Gasteiger partial charge in [-0.1, -0.05) is 37.6 Å². The fourth-order valence-electron chi connectivity index (χ4n) is 3.84. The maximum absolute atomic E-state index is 12.8. The van der Waals surface area contributed by atoms with Crippen LogP contribution in [0.4, 0.5) is 10.5 Å². The van der Waals surface area contributed by atoms with E-state index in [4.69, 9.17) is 11.6 Å². The molecule has 0 aromatic heterocycles. The molecule has 8 heteroatoms. The van der Waals surface area contributed by atoms with Crippen molar-refractivity contribution < 1.29 is 13.2 Å². The van der Waals surface area contributed by atoms with Gasteiger partial charge in [0.2, 0.25) is 10.0 Å². The Balaban J connectivity index is 1.65. The Bertz CT molecular complexity index is 769. The van der Waals surface area contributed by atoms with Gasteiger partial charge in [0, 0.05) is 26.2 Å². The number of fused-ring (bicyclic) bond motifs is 1. The summed E-state index contributed by atoms with van der Waals surface area (Å²) in [5.74, 6) is 0.405. The lowest BCUT2D eigenvalue weighted by Gasteiger charge is -2.23. The van der Waals surface area contributed by atoms with E-state index in [0.29, 0.717) is 55.6 Å². The number of rotatable bonds is 3. The van der Waals surface area contributed by atoms with Gasteiger partial charge in [0.15, 0.2) is 0 Å². The summed E-state index contributed by atoms with van der Waals surface area (Å²) in [5.41, 5.74) is 0.569. The predicted octanol–water partition coefficient (Wildman–Crippen LogP) is 3.25. The second-order valence-electron chi connectivity index (χ2n) is 7.53. The maximum atomic E-state index is 12.8. The summed E-state index contributed by atoms with van der Waals surface area (Å²) in [7, 11) is -3.27. The van der Waals surface area contributed by atoms with E-state index in [1.807, 2.05) is 19.9 Å². The zero-order valence-corrected chi connectivity index (χ0v) is 16.8. The molecule has 1 aromatic carbocycles. The molecular formula is C18H26ClN3O3S. The van der Waals surface area contributed by atoms with Crippen molar-refractivity contribution in [1.82, 2.24) is 9.21 Å². The first-order valence-electron chi connectivity index (χ1n) is 9.08. The summed E-state index contributed by atoms with van der Waals surface area (Å²) in [6, 6.07) is 6.86. The number of sulfonamides is 1. The highest BCUT2D eigenvalue weighted by molar-refractivity contribution is 7.90. The molecule has 0 unspecified atom stereocenters. The molecule has 0 bridgehead atoms. The molecule has 0 spiro atoms. The molecule has 2 aliphatic heterocycles. The Kier molecular flexibility index (Phi) is 5.79. The van der Waals surface area contributed by atoms with E-state index in [2.05, 4.69) is 5.32 Å². The zero-order chi connectivity index (χ0) is 18.9. The van der Waals surface area contributed by atoms with Gasteiger partial charge in [0.25, 0.3) is 0 Å². The lowest BCUT2D eigenvalue weighted by molar-refractivity contribution is 0.212. The Hall–Kier alpha value is -1.31. The Morgan fingerprint density at radius 2 is 1.96 bits per heavy atom. The molecular weight excluding hydrogens is 374 g/mol. The third kappa shape index (κ3) is 4.00.